The number of ether oxygens (including phenoxy) is 1. The third-order valence-electron chi connectivity index (χ3n) is 4.05. The van der Waals surface area contributed by atoms with E-state index in [-0.39, 0.29) is 24.2 Å². The largest absolute Gasteiger partial charge is 0.489 e. The molecule has 25 heavy (non-hydrogen) atoms. The van der Waals surface area contributed by atoms with Crippen LogP contribution >= 0.6 is 0 Å². The summed E-state index contributed by atoms with van der Waals surface area (Å²) in [7, 11) is 0. The van der Waals surface area contributed by atoms with Crippen molar-refractivity contribution in [3.05, 3.63) is 65.5 Å². The molecule has 0 aliphatic carbocycles. The van der Waals surface area contributed by atoms with Crippen molar-refractivity contribution in [1.82, 2.24) is 10.6 Å². The minimum atomic E-state index is -0.434. The predicted octanol–water partition coefficient (Wildman–Crippen LogP) is 2.30. The Bertz CT molecular complexity index is 762. The van der Waals surface area contributed by atoms with Gasteiger partial charge in [-0.25, -0.2) is 4.39 Å². The van der Waals surface area contributed by atoms with Crippen molar-refractivity contribution >= 4 is 11.8 Å². The van der Waals surface area contributed by atoms with Gasteiger partial charge < -0.3 is 15.4 Å². The first-order valence-electron chi connectivity index (χ1n) is 8.14. The highest BCUT2D eigenvalue weighted by atomic mass is 19.1. The lowest BCUT2D eigenvalue weighted by atomic mass is 10.2. The summed E-state index contributed by atoms with van der Waals surface area (Å²) in [6.45, 7) is 0.531. The van der Waals surface area contributed by atoms with Gasteiger partial charge in [0, 0.05) is 18.5 Å². The number of amides is 2. The number of hydrogen-bond donors (Lipinski definition) is 2. The summed E-state index contributed by atoms with van der Waals surface area (Å²) in [5.41, 5.74) is 1.41. The Kier molecular flexibility index (Phi) is 5.28. The maximum Gasteiger partial charge on any atom is 0.242 e. The van der Waals surface area contributed by atoms with E-state index in [0.717, 1.165) is 5.56 Å². The van der Waals surface area contributed by atoms with E-state index < -0.39 is 6.04 Å². The van der Waals surface area contributed by atoms with Crippen LogP contribution in [0.5, 0.6) is 5.75 Å². The normalized spacial score (nSPS) is 16.4. The van der Waals surface area contributed by atoms with Crippen LogP contribution in [0.25, 0.3) is 0 Å². The smallest absolute Gasteiger partial charge is 0.242 e. The third kappa shape index (κ3) is 4.56. The SMILES string of the molecule is O=C1CCC(C(=O)NCc2ccc(OCc3ccccc3F)cc2)N1. The lowest BCUT2D eigenvalue weighted by Gasteiger charge is -2.11. The Balaban J connectivity index is 1.48. The van der Waals surface area contributed by atoms with Gasteiger partial charge in [0.1, 0.15) is 24.2 Å². The first kappa shape index (κ1) is 17.0. The van der Waals surface area contributed by atoms with Crippen LogP contribution in [0.2, 0.25) is 0 Å². The molecule has 0 bridgehead atoms. The Labute approximate surface area is 145 Å². The van der Waals surface area contributed by atoms with Crippen LogP contribution in [0.15, 0.2) is 48.5 Å². The van der Waals surface area contributed by atoms with Gasteiger partial charge in [-0.1, -0.05) is 30.3 Å². The average molecular weight is 342 g/mol. The summed E-state index contributed by atoms with van der Waals surface area (Å²) in [6, 6.07) is 13.3. The van der Waals surface area contributed by atoms with E-state index in [1.165, 1.54) is 6.07 Å². The fourth-order valence-electron chi connectivity index (χ4n) is 2.60. The minimum Gasteiger partial charge on any atom is -0.489 e. The summed E-state index contributed by atoms with van der Waals surface area (Å²) < 4.78 is 19.1. The van der Waals surface area contributed by atoms with Crippen LogP contribution in [0.4, 0.5) is 4.39 Å². The first-order chi connectivity index (χ1) is 12.1. The molecule has 0 aromatic heterocycles. The standard InChI is InChI=1S/C19H19FN2O3/c20-16-4-2-1-3-14(16)12-25-15-7-5-13(6-8-15)11-21-19(24)17-9-10-18(23)22-17/h1-8,17H,9-12H2,(H,21,24)(H,22,23). The van der Waals surface area contributed by atoms with Crippen molar-refractivity contribution < 1.29 is 18.7 Å². The highest BCUT2D eigenvalue weighted by Crippen LogP contribution is 2.16. The van der Waals surface area contributed by atoms with E-state index in [1.807, 2.05) is 12.1 Å². The van der Waals surface area contributed by atoms with Crippen molar-refractivity contribution in [1.29, 1.82) is 0 Å². The Hall–Kier alpha value is -2.89. The zero-order valence-electron chi connectivity index (χ0n) is 13.6. The quantitative estimate of drug-likeness (QED) is 0.846. The second-order valence-corrected chi connectivity index (χ2v) is 5.90. The summed E-state index contributed by atoms with van der Waals surface area (Å²) in [5, 5.41) is 5.44. The van der Waals surface area contributed by atoms with Crippen molar-refractivity contribution in [3.63, 3.8) is 0 Å². The van der Waals surface area contributed by atoms with Crippen LogP contribution in [-0.4, -0.2) is 17.9 Å². The molecule has 6 heteroatoms. The number of carbonyl (C=O) groups is 2. The summed E-state index contributed by atoms with van der Waals surface area (Å²) >= 11 is 0. The molecule has 2 aromatic carbocycles. The zero-order valence-corrected chi connectivity index (χ0v) is 13.6. The fourth-order valence-corrected chi connectivity index (χ4v) is 2.60. The van der Waals surface area contributed by atoms with Gasteiger partial charge in [-0.05, 0) is 30.2 Å². The number of halogens is 1. The van der Waals surface area contributed by atoms with E-state index in [0.29, 0.717) is 30.7 Å². The lowest BCUT2D eigenvalue weighted by molar-refractivity contribution is -0.125. The van der Waals surface area contributed by atoms with Gasteiger partial charge in [0.2, 0.25) is 11.8 Å². The van der Waals surface area contributed by atoms with Gasteiger partial charge >= 0.3 is 0 Å². The van der Waals surface area contributed by atoms with Crippen molar-refractivity contribution in [2.24, 2.45) is 0 Å². The fraction of sp³-hybridized carbons (Fsp3) is 0.263. The van der Waals surface area contributed by atoms with E-state index in [9.17, 15) is 14.0 Å². The topological polar surface area (TPSA) is 67.4 Å². The number of rotatable bonds is 6. The molecule has 1 unspecified atom stereocenters. The molecule has 5 nitrogen and oxygen atoms in total. The molecule has 1 aliphatic rings. The van der Waals surface area contributed by atoms with E-state index in [1.54, 1.807) is 30.3 Å². The Morgan fingerprint density at radius 3 is 2.64 bits per heavy atom. The lowest BCUT2D eigenvalue weighted by Crippen LogP contribution is -2.41. The molecule has 2 N–H and O–H groups in total. The van der Waals surface area contributed by atoms with Gasteiger partial charge in [0.05, 0.1) is 0 Å². The molecule has 1 atom stereocenters. The molecular formula is C19H19FN2O3. The molecule has 1 aliphatic heterocycles. The van der Waals surface area contributed by atoms with Crippen LogP contribution in [-0.2, 0) is 22.7 Å². The molecule has 0 spiro atoms. The number of benzene rings is 2. The van der Waals surface area contributed by atoms with Crippen molar-refractivity contribution in [2.75, 3.05) is 0 Å². The van der Waals surface area contributed by atoms with Gasteiger partial charge in [0.25, 0.3) is 0 Å². The van der Waals surface area contributed by atoms with Crippen LogP contribution in [0.1, 0.15) is 24.0 Å². The average Bonchev–Trinajstić information content (AvgIpc) is 3.06. The molecule has 1 saturated heterocycles. The molecule has 2 amide bonds. The number of nitrogens with one attached hydrogen (secondary N) is 2. The van der Waals surface area contributed by atoms with E-state index >= 15 is 0 Å². The molecule has 1 heterocycles. The maximum atomic E-state index is 13.5. The minimum absolute atomic E-state index is 0.0866. The van der Waals surface area contributed by atoms with Crippen molar-refractivity contribution in [3.8, 4) is 5.75 Å². The molecule has 3 rings (SSSR count). The Morgan fingerprint density at radius 1 is 1.20 bits per heavy atom. The molecule has 130 valence electrons. The first-order valence-corrected chi connectivity index (χ1v) is 8.14. The molecule has 0 saturated carbocycles. The zero-order chi connectivity index (χ0) is 17.6. The van der Waals surface area contributed by atoms with Crippen LogP contribution in [0.3, 0.4) is 0 Å². The van der Waals surface area contributed by atoms with Crippen LogP contribution < -0.4 is 15.4 Å². The highest BCUT2D eigenvalue weighted by molar-refractivity contribution is 5.90. The number of carbonyl (C=O) groups excluding carboxylic acids is 2. The summed E-state index contributed by atoms with van der Waals surface area (Å²) in [4.78, 5) is 23.1. The molecule has 1 fully saturated rings. The Morgan fingerprint density at radius 2 is 1.96 bits per heavy atom. The van der Waals surface area contributed by atoms with Gasteiger partial charge in [0.15, 0.2) is 0 Å². The molecular weight excluding hydrogens is 323 g/mol. The molecule has 2 aromatic rings. The van der Waals surface area contributed by atoms with Gasteiger partial charge in [-0.2, -0.15) is 0 Å². The van der Waals surface area contributed by atoms with Gasteiger partial charge in [-0.15, -0.1) is 0 Å². The number of hydrogen-bond acceptors (Lipinski definition) is 3. The second-order valence-electron chi connectivity index (χ2n) is 5.90. The van der Waals surface area contributed by atoms with Gasteiger partial charge in [-0.3, -0.25) is 9.59 Å². The van der Waals surface area contributed by atoms with Crippen molar-refractivity contribution in [2.45, 2.75) is 32.0 Å². The van der Waals surface area contributed by atoms with Crippen LogP contribution in [0, 0.1) is 5.82 Å². The maximum absolute atomic E-state index is 13.5. The molecule has 0 radical (unpaired) electrons. The monoisotopic (exact) mass is 342 g/mol. The summed E-state index contributed by atoms with van der Waals surface area (Å²) in [5.74, 6) is 0.0736. The predicted molar refractivity (Wildman–Crippen MR) is 90.2 cm³/mol. The second kappa shape index (κ2) is 7.79. The third-order valence-corrected chi connectivity index (χ3v) is 4.05. The van der Waals surface area contributed by atoms with E-state index in [4.69, 9.17) is 4.74 Å². The van der Waals surface area contributed by atoms with E-state index in [2.05, 4.69) is 10.6 Å². The summed E-state index contributed by atoms with van der Waals surface area (Å²) in [6.07, 6.45) is 0.930. The highest BCUT2D eigenvalue weighted by Gasteiger charge is 2.26.